The highest BCUT2D eigenvalue weighted by Crippen LogP contribution is 2.33. The summed E-state index contributed by atoms with van der Waals surface area (Å²) in [6.07, 6.45) is -4.70. The molecule has 2 aromatic carbocycles. The molecule has 22 heavy (non-hydrogen) atoms. The molecule has 0 aliphatic carbocycles. The summed E-state index contributed by atoms with van der Waals surface area (Å²) in [5.41, 5.74) is -1.93. The molecule has 2 nitrogen and oxygen atoms in total. The van der Waals surface area contributed by atoms with Crippen LogP contribution < -0.4 is 0 Å². The first-order valence-electron chi connectivity index (χ1n) is 5.94. The van der Waals surface area contributed by atoms with Gasteiger partial charge in [-0.1, -0.05) is 17.9 Å². The molecular weight excluding hydrogens is 298 g/mol. The summed E-state index contributed by atoms with van der Waals surface area (Å²) in [6.45, 7) is 0. The van der Waals surface area contributed by atoms with Crippen molar-refractivity contribution in [2.75, 3.05) is 0 Å². The van der Waals surface area contributed by atoms with Crippen molar-refractivity contribution in [2.24, 2.45) is 0 Å². The molecule has 0 aromatic heterocycles. The molecule has 0 saturated heterocycles. The van der Waals surface area contributed by atoms with E-state index in [1.165, 1.54) is 18.2 Å². The number of benzene rings is 2. The summed E-state index contributed by atoms with van der Waals surface area (Å²) in [7, 11) is 0. The minimum atomic E-state index is -4.70. The molecule has 0 unspecified atom stereocenters. The molecular formula is C16H7F4NO. The maximum Gasteiger partial charge on any atom is 0.417 e. The van der Waals surface area contributed by atoms with Gasteiger partial charge in [0.2, 0.25) is 0 Å². The molecule has 0 radical (unpaired) electrons. The Hall–Kier alpha value is -2.99. The number of alkyl halides is 3. The first-order chi connectivity index (χ1) is 10.3. The number of halogens is 4. The van der Waals surface area contributed by atoms with Gasteiger partial charge >= 0.3 is 6.18 Å². The first kappa shape index (κ1) is 15.4. The van der Waals surface area contributed by atoms with Gasteiger partial charge in [-0.15, -0.1) is 0 Å². The number of nitrogens with zero attached hydrogens (tertiary/aromatic N) is 1. The van der Waals surface area contributed by atoms with E-state index in [0.717, 1.165) is 12.1 Å². The molecule has 0 bridgehead atoms. The monoisotopic (exact) mass is 305 g/mol. The van der Waals surface area contributed by atoms with Gasteiger partial charge in [-0.05, 0) is 30.3 Å². The number of nitriles is 1. The van der Waals surface area contributed by atoms with Gasteiger partial charge in [-0.25, -0.2) is 4.39 Å². The predicted octanol–water partition coefficient (Wildman–Crippen LogP) is 3.82. The summed E-state index contributed by atoms with van der Waals surface area (Å²) < 4.78 is 52.4. The number of phenolic OH excluding ortho intramolecular Hbond substituents is 1. The number of rotatable bonds is 0. The van der Waals surface area contributed by atoms with Crippen molar-refractivity contribution in [3.63, 3.8) is 0 Å². The minimum absolute atomic E-state index is 0.180. The van der Waals surface area contributed by atoms with Crippen molar-refractivity contribution in [1.82, 2.24) is 0 Å². The van der Waals surface area contributed by atoms with Crippen LogP contribution in [-0.4, -0.2) is 5.11 Å². The Kier molecular flexibility index (Phi) is 4.05. The summed E-state index contributed by atoms with van der Waals surface area (Å²) in [5.74, 6) is 3.07. The van der Waals surface area contributed by atoms with Crippen molar-refractivity contribution in [1.29, 1.82) is 5.26 Å². The third kappa shape index (κ3) is 3.18. The molecule has 0 aliphatic heterocycles. The van der Waals surface area contributed by atoms with Crippen molar-refractivity contribution >= 4 is 0 Å². The normalized spacial score (nSPS) is 10.5. The van der Waals surface area contributed by atoms with Crippen molar-refractivity contribution < 1.29 is 22.7 Å². The van der Waals surface area contributed by atoms with Gasteiger partial charge in [-0.3, -0.25) is 0 Å². The summed E-state index contributed by atoms with van der Waals surface area (Å²) >= 11 is 0. The van der Waals surface area contributed by atoms with Crippen LogP contribution in [0.1, 0.15) is 22.3 Å². The Morgan fingerprint density at radius 1 is 0.955 bits per heavy atom. The number of aromatic hydroxyl groups is 1. The average Bonchev–Trinajstić information content (AvgIpc) is 2.46. The fourth-order valence-electron chi connectivity index (χ4n) is 1.73. The summed E-state index contributed by atoms with van der Waals surface area (Å²) in [4.78, 5) is 0. The van der Waals surface area contributed by atoms with Crippen LogP contribution in [0.4, 0.5) is 17.6 Å². The van der Waals surface area contributed by atoms with Crippen LogP contribution in [0.2, 0.25) is 0 Å². The number of hydrogen-bond acceptors (Lipinski definition) is 2. The van der Waals surface area contributed by atoms with E-state index in [2.05, 4.69) is 11.8 Å². The third-order valence-corrected chi connectivity index (χ3v) is 2.76. The topological polar surface area (TPSA) is 44.0 Å². The Morgan fingerprint density at radius 3 is 2.23 bits per heavy atom. The molecule has 0 saturated carbocycles. The maximum absolute atomic E-state index is 13.8. The molecule has 0 amide bonds. The average molecular weight is 305 g/mol. The van der Waals surface area contributed by atoms with E-state index < -0.39 is 28.9 Å². The van der Waals surface area contributed by atoms with Crippen LogP contribution in [0.15, 0.2) is 36.4 Å². The van der Waals surface area contributed by atoms with Gasteiger partial charge < -0.3 is 5.11 Å². The van der Waals surface area contributed by atoms with Crippen molar-refractivity contribution in [3.05, 3.63) is 64.5 Å². The summed E-state index contributed by atoms with van der Waals surface area (Å²) in [6, 6.07) is 8.10. The lowest BCUT2D eigenvalue weighted by Gasteiger charge is -2.09. The van der Waals surface area contributed by atoms with E-state index in [9.17, 15) is 17.6 Å². The van der Waals surface area contributed by atoms with Gasteiger partial charge in [0.05, 0.1) is 16.7 Å². The van der Waals surface area contributed by atoms with Crippen LogP contribution in [-0.2, 0) is 6.18 Å². The fraction of sp³-hybridized carbons (Fsp3) is 0.0625. The zero-order chi connectivity index (χ0) is 16.3. The number of phenols is 1. The van der Waals surface area contributed by atoms with E-state index in [-0.39, 0.29) is 11.1 Å². The molecule has 110 valence electrons. The van der Waals surface area contributed by atoms with Gasteiger partial charge in [0.15, 0.2) is 5.82 Å². The Balaban J connectivity index is 2.53. The lowest BCUT2D eigenvalue weighted by Crippen LogP contribution is -2.07. The van der Waals surface area contributed by atoms with Crippen LogP contribution in [0.25, 0.3) is 0 Å². The zero-order valence-corrected chi connectivity index (χ0v) is 10.9. The van der Waals surface area contributed by atoms with Crippen LogP contribution in [0.5, 0.6) is 5.75 Å². The van der Waals surface area contributed by atoms with Crippen LogP contribution >= 0.6 is 0 Å². The molecule has 0 heterocycles. The van der Waals surface area contributed by atoms with E-state index in [0.29, 0.717) is 6.07 Å². The molecule has 0 atom stereocenters. The summed E-state index contributed by atoms with van der Waals surface area (Å²) in [5, 5.41) is 17.8. The van der Waals surface area contributed by atoms with E-state index in [4.69, 9.17) is 10.4 Å². The van der Waals surface area contributed by atoms with Crippen molar-refractivity contribution in [2.45, 2.75) is 6.18 Å². The van der Waals surface area contributed by atoms with Gasteiger partial charge in [0, 0.05) is 5.56 Å². The highest BCUT2D eigenvalue weighted by atomic mass is 19.4. The second-order valence-electron chi connectivity index (χ2n) is 4.26. The Labute approximate surface area is 123 Å². The zero-order valence-electron chi connectivity index (χ0n) is 10.9. The van der Waals surface area contributed by atoms with Gasteiger partial charge in [-0.2, -0.15) is 18.4 Å². The smallest absolute Gasteiger partial charge is 0.417 e. The van der Waals surface area contributed by atoms with Crippen molar-refractivity contribution in [3.8, 4) is 23.7 Å². The molecule has 0 spiro atoms. The standard InChI is InChI=1S/C16H7F4NO/c17-15-11(2-1-3-12(15)9-21)5-4-10-6-7-13(22)8-14(10)16(18,19)20/h1-3,6-8,22H. The highest BCUT2D eigenvalue weighted by molar-refractivity contribution is 5.51. The maximum atomic E-state index is 13.8. The van der Waals surface area contributed by atoms with E-state index in [1.807, 2.05) is 0 Å². The molecule has 2 aromatic rings. The molecule has 0 fully saturated rings. The predicted molar refractivity (Wildman–Crippen MR) is 70.2 cm³/mol. The lowest BCUT2D eigenvalue weighted by molar-refractivity contribution is -0.137. The largest absolute Gasteiger partial charge is 0.508 e. The van der Waals surface area contributed by atoms with Crippen LogP contribution in [0, 0.1) is 29.0 Å². The first-order valence-corrected chi connectivity index (χ1v) is 5.94. The lowest BCUT2D eigenvalue weighted by atomic mass is 10.1. The van der Waals surface area contributed by atoms with Gasteiger partial charge in [0.1, 0.15) is 11.8 Å². The van der Waals surface area contributed by atoms with Crippen LogP contribution in [0.3, 0.4) is 0 Å². The Bertz CT molecular complexity index is 823. The third-order valence-electron chi connectivity index (χ3n) is 2.76. The Morgan fingerprint density at radius 2 is 1.59 bits per heavy atom. The van der Waals surface area contributed by atoms with Gasteiger partial charge in [0.25, 0.3) is 0 Å². The number of hydrogen-bond donors (Lipinski definition) is 1. The van der Waals surface area contributed by atoms with E-state index >= 15 is 0 Å². The SMILES string of the molecule is N#Cc1cccc(C#Cc2ccc(O)cc2C(F)(F)F)c1F. The molecule has 1 N–H and O–H groups in total. The highest BCUT2D eigenvalue weighted by Gasteiger charge is 2.33. The molecule has 0 aliphatic rings. The second kappa shape index (κ2) is 5.79. The molecule has 6 heteroatoms. The quantitative estimate of drug-likeness (QED) is 0.594. The minimum Gasteiger partial charge on any atom is -0.508 e. The molecule has 2 rings (SSSR count). The second-order valence-corrected chi connectivity index (χ2v) is 4.26. The van der Waals surface area contributed by atoms with E-state index in [1.54, 1.807) is 6.07 Å². The fourth-order valence-corrected chi connectivity index (χ4v) is 1.73.